The van der Waals surface area contributed by atoms with E-state index in [2.05, 4.69) is 0 Å². The molecule has 0 saturated carbocycles. The van der Waals surface area contributed by atoms with Crippen molar-refractivity contribution < 1.29 is 24.6 Å². The predicted octanol–water partition coefficient (Wildman–Crippen LogP) is -0.0946. The molecule has 0 aliphatic carbocycles. The molecular weight excluding hydrogens is 226 g/mol. The summed E-state index contributed by atoms with van der Waals surface area (Å²) in [5, 5.41) is 18.9. The molecule has 0 saturated heterocycles. The van der Waals surface area contributed by atoms with Crippen LogP contribution < -0.4 is 5.32 Å². The van der Waals surface area contributed by atoms with Gasteiger partial charge in [-0.1, -0.05) is 0 Å². The molecule has 0 aliphatic rings. The molecule has 0 rings (SSSR count). The molecule has 0 spiro atoms. The first-order valence-electron chi connectivity index (χ1n) is 4.05. The number of hydrogen-bond donors (Lipinski definition) is 3. The van der Waals surface area contributed by atoms with Crippen LogP contribution in [0.15, 0.2) is 0 Å². The lowest BCUT2D eigenvalue weighted by molar-refractivity contribution is -0.154. The third kappa shape index (κ3) is 3.75. The lowest BCUT2D eigenvalue weighted by Crippen LogP contribution is -2.51. The van der Waals surface area contributed by atoms with E-state index in [1.165, 1.54) is 13.8 Å². The normalized spacial score (nSPS) is 11.2. The van der Waals surface area contributed by atoms with Crippen LogP contribution in [0.1, 0.15) is 13.8 Å². The maximum Gasteiger partial charge on any atom is 0.338 e. The Labute approximate surface area is 91.2 Å². The number of hydrogen-bond acceptors (Lipinski definition) is 3. The van der Waals surface area contributed by atoms with Crippen molar-refractivity contribution in [3.63, 3.8) is 0 Å². The predicted molar refractivity (Wildman–Crippen MR) is 51.7 cm³/mol. The third-order valence-electron chi connectivity index (χ3n) is 1.72. The Balaban J connectivity index is 4.64. The van der Waals surface area contributed by atoms with Crippen LogP contribution >= 0.6 is 11.6 Å². The molecule has 7 heteroatoms. The van der Waals surface area contributed by atoms with Gasteiger partial charge in [0.2, 0.25) is 11.9 Å². The van der Waals surface area contributed by atoms with E-state index < -0.39 is 29.3 Å². The highest BCUT2D eigenvalue weighted by molar-refractivity contribution is 6.20. The SMILES string of the molecule is CC(C)(CCl)C(=O)NC(C(=O)O)C(=O)O. The largest absolute Gasteiger partial charge is 0.479 e. The fraction of sp³-hybridized carbons (Fsp3) is 0.625. The molecule has 0 unspecified atom stereocenters. The quantitative estimate of drug-likeness (QED) is 0.458. The monoisotopic (exact) mass is 237 g/mol. The van der Waals surface area contributed by atoms with Crippen LogP contribution in [0.3, 0.4) is 0 Å². The molecule has 1 amide bonds. The molecule has 15 heavy (non-hydrogen) atoms. The molecule has 0 heterocycles. The number of rotatable bonds is 5. The van der Waals surface area contributed by atoms with Gasteiger partial charge in [0.15, 0.2) is 0 Å². The first-order valence-corrected chi connectivity index (χ1v) is 4.58. The maximum atomic E-state index is 11.4. The zero-order chi connectivity index (χ0) is 12.2. The molecule has 0 aromatic heterocycles. The zero-order valence-electron chi connectivity index (χ0n) is 8.28. The van der Waals surface area contributed by atoms with E-state index in [1.54, 1.807) is 0 Å². The second-order valence-electron chi connectivity index (χ2n) is 3.60. The number of carboxylic acids is 2. The average Bonchev–Trinajstić information content (AvgIpc) is 2.12. The van der Waals surface area contributed by atoms with Crippen LogP contribution in [-0.2, 0) is 14.4 Å². The van der Waals surface area contributed by atoms with Gasteiger partial charge in [-0.25, -0.2) is 9.59 Å². The van der Waals surface area contributed by atoms with Crippen molar-refractivity contribution in [2.45, 2.75) is 19.9 Å². The van der Waals surface area contributed by atoms with E-state index in [0.717, 1.165) is 0 Å². The number of carboxylic acid groups (broad SMARTS) is 2. The van der Waals surface area contributed by atoms with E-state index in [4.69, 9.17) is 21.8 Å². The number of aliphatic carboxylic acids is 2. The summed E-state index contributed by atoms with van der Waals surface area (Å²) >= 11 is 5.47. The minimum absolute atomic E-state index is 0.0369. The minimum Gasteiger partial charge on any atom is -0.479 e. The van der Waals surface area contributed by atoms with Gasteiger partial charge in [-0.05, 0) is 13.8 Å². The highest BCUT2D eigenvalue weighted by Crippen LogP contribution is 2.17. The van der Waals surface area contributed by atoms with Crippen LogP contribution in [0, 0.1) is 5.41 Å². The van der Waals surface area contributed by atoms with Crippen molar-refractivity contribution >= 4 is 29.4 Å². The first-order chi connectivity index (χ1) is 6.72. The summed E-state index contributed by atoms with van der Waals surface area (Å²) in [5.74, 6) is -4.00. The molecule has 0 atom stereocenters. The summed E-state index contributed by atoms with van der Waals surface area (Å²) in [6.07, 6.45) is 0. The Morgan fingerprint density at radius 3 is 1.93 bits per heavy atom. The maximum absolute atomic E-state index is 11.4. The number of alkyl halides is 1. The van der Waals surface area contributed by atoms with Crippen LogP contribution in [0.2, 0.25) is 0 Å². The van der Waals surface area contributed by atoms with Gasteiger partial charge >= 0.3 is 11.9 Å². The summed E-state index contributed by atoms with van der Waals surface area (Å²) in [5.41, 5.74) is -1.01. The fourth-order valence-electron chi connectivity index (χ4n) is 0.616. The van der Waals surface area contributed by atoms with Gasteiger partial charge in [0, 0.05) is 5.88 Å². The van der Waals surface area contributed by atoms with Crippen molar-refractivity contribution in [1.82, 2.24) is 5.32 Å². The topological polar surface area (TPSA) is 104 Å². The highest BCUT2D eigenvalue weighted by Gasteiger charge is 2.34. The molecule has 86 valence electrons. The van der Waals surface area contributed by atoms with Crippen molar-refractivity contribution in [2.75, 3.05) is 5.88 Å². The second kappa shape index (κ2) is 4.97. The fourth-order valence-corrected chi connectivity index (χ4v) is 0.738. The Bertz CT molecular complexity index is 275. The summed E-state index contributed by atoms with van der Waals surface area (Å²) < 4.78 is 0. The Morgan fingerprint density at radius 2 is 1.67 bits per heavy atom. The van der Waals surface area contributed by atoms with Gasteiger partial charge in [0.25, 0.3) is 0 Å². The van der Waals surface area contributed by atoms with Gasteiger partial charge in [-0.2, -0.15) is 0 Å². The van der Waals surface area contributed by atoms with Crippen LogP contribution in [0.4, 0.5) is 0 Å². The van der Waals surface area contributed by atoms with Crippen molar-refractivity contribution in [3.8, 4) is 0 Å². The van der Waals surface area contributed by atoms with Crippen LogP contribution in [0.25, 0.3) is 0 Å². The van der Waals surface area contributed by atoms with E-state index in [9.17, 15) is 14.4 Å². The molecule has 6 nitrogen and oxygen atoms in total. The number of carbonyl (C=O) groups is 3. The van der Waals surface area contributed by atoms with Crippen molar-refractivity contribution in [2.24, 2.45) is 5.41 Å². The Morgan fingerprint density at radius 1 is 1.27 bits per heavy atom. The Kier molecular flexibility index (Phi) is 4.54. The molecule has 3 N–H and O–H groups in total. The van der Waals surface area contributed by atoms with Gasteiger partial charge in [0.05, 0.1) is 5.41 Å². The van der Waals surface area contributed by atoms with Gasteiger partial charge in [-0.3, -0.25) is 4.79 Å². The van der Waals surface area contributed by atoms with Crippen molar-refractivity contribution in [3.05, 3.63) is 0 Å². The molecule has 0 fully saturated rings. The van der Waals surface area contributed by atoms with Crippen LogP contribution in [0.5, 0.6) is 0 Å². The molecule has 0 aliphatic heterocycles. The van der Waals surface area contributed by atoms with Crippen molar-refractivity contribution in [1.29, 1.82) is 0 Å². The summed E-state index contributed by atoms with van der Waals surface area (Å²) in [4.78, 5) is 32.3. The molecule has 0 aromatic rings. The molecule has 0 bridgehead atoms. The average molecular weight is 238 g/mol. The smallest absolute Gasteiger partial charge is 0.338 e. The third-order valence-corrected chi connectivity index (χ3v) is 2.39. The first kappa shape index (κ1) is 13.7. The summed E-state index contributed by atoms with van der Waals surface area (Å²) in [6, 6.07) is -1.94. The number of nitrogens with one attached hydrogen (secondary N) is 1. The van der Waals surface area contributed by atoms with E-state index >= 15 is 0 Å². The number of halogens is 1. The van der Waals surface area contributed by atoms with Gasteiger partial charge < -0.3 is 15.5 Å². The zero-order valence-corrected chi connectivity index (χ0v) is 9.04. The lowest BCUT2D eigenvalue weighted by Gasteiger charge is -2.21. The molecule has 0 aromatic carbocycles. The molecule has 0 radical (unpaired) electrons. The number of carbonyl (C=O) groups excluding carboxylic acids is 1. The molecular formula is C8H12ClNO5. The summed E-state index contributed by atoms with van der Waals surface area (Å²) in [7, 11) is 0. The standard InChI is InChI=1S/C8H12ClNO5/c1-8(2,3-9)7(15)10-4(5(11)12)6(13)14/h4H,3H2,1-2H3,(H,10,15)(H,11,12)(H,13,14). The summed E-state index contributed by atoms with van der Waals surface area (Å²) in [6.45, 7) is 2.96. The highest BCUT2D eigenvalue weighted by atomic mass is 35.5. The minimum atomic E-state index is -1.94. The van der Waals surface area contributed by atoms with Gasteiger partial charge in [-0.15, -0.1) is 11.6 Å². The lowest BCUT2D eigenvalue weighted by atomic mass is 9.95. The van der Waals surface area contributed by atoms with Crippen LogP contribution in [-0.4, -0.2) is 40.0 Å². The van der Waals surface area contributed by atoms with E-state index in [0.29, 0.717) is 0 Å². The van der Waals surface area contributed by atoms with E-state index in [-0.39, 0.29) is 5.88 Å². The van der Waals surface area contributed by atoms with Gasteiger partial charge in [0.1, 0.15) is 0 Å². The number of amides is 1. The van der Waals surface area contributed by atoms with E-state index in [1.807, 2.05) is 5.32 Å². The second-order valence-corrected chi connectivity index (χ2v) is 3.87. The Hall–Kier alpha value is -1.30.